The highest BCUT2D eigenvalue weighted by atomic mass is 32.2. The van der Waals surface area contributed by atoms with Crippen LogP contribution in [0, 0.1) is 12.0 Å². The molecule has 27 heavy (non-hydrogen) atoms. The Balaban J connectivity index is 1.89. The average molecular weight is 402 g/mol. The maximum atomic E-state index is 13.3. The van der Waals surface area contributed by atoms with Crippen molar-refractivity contribution >= 4 is 31.4 Å². The second-order valence-electron chi connectivity index (χ2n) is 7.13. The molecule has 4 nitrogen and oxygen atoms in total. The van der Waals surface area contributed by atoms with E-state index >= 15 is 0 Å². The van der Waals surface area contributed by atoms with Crippen molar-refractivity contribution in [3.8, 4) is 0 Å². The second kappa shape index (κ2) is 8.50. The minimum Gasteiger partial charge on any atom is -0.308 e. The first-order valence-electron chi connectivity index (χ1n) is 9.08. The fourth-order valence-corrected chi connectivity index (χ4v) is 5.19. The van der Waals surface area contributed by atoms with E-state index in [-0.39, 0.29) is 0 Å². The Morgan fingerprint density at radius 3 is 2.56 bits per heavy atom. The molecule has 2 aromatic carbocycles. The molecule has 6 heteroatoms. The zero-order valence-corrected chi connectivity index (χ0v) is 17.5. The minimum atomic E-state index is -3.50. The average Bonchev–Trinajstić information content (AvgIpc) is 3.13. The number of hydrogen-bond donors (Lipinski definition) is 1. The fourth-order valence-electron chi connectivity index (χ4n) is 2.90. The van der Waals surface area contributed by atoms with Gasteiger partial charge in [-0.25, -0.2) is 13.4 Å². The van der Waals surface area contributed by atoms with Gasteiger partial charge in [0.25, 0.3) is 0 Å². The van der Waals surface area contributed by atoms with Gasteiger partial charge >= 0.3 is 0 Å². The van der Waals surface area contributed by atoms with Crippen LogP contribution in [-0.4, -0.2) is 25.2 Å². The molecular formula is C21H25N2O2S2. The molecule has 143 valence electrons. The molecule has 0 fully saturated rings. The monoisotopic (exact) mass is 401 g/mol. The Bertz CT molecular complexity index is 982. The first kappa shape index (κ1) is 20.0. The van der Waals surface area contributed by atoms with Gasteiger partial charge in [-0.15, -0.1) is 11.3 Å². The lowest BCUT2D eigenvalue weighted by Crippen LogP contribution is -2.38. The van der Waals surface area contributed by atoms with Gasteiger partial charge in [0, 0.05) is 0 Å². The van der Waals surface area contributed by atoms with E-state index in [0.29, 0.717) is 17.2 Å². The van der Waals surface area contributed by atoms with Gasteiger partial charge in [0.2, 0.25) is 0 Å². The van der Waals surface area contributed by atoms with E-state index in [1.54, 1.807) is 30.6 Å². The summed E-state index contributed by atoms with van der Waals surface area (Å²) in [5, 5.41) is 2.78. The van der Waals surface area contributed by atoms with Crippen molar-refractivity contribution in [2.75, 3.05) is 6.54 Å². The van der Waals surface area contributed by atoms with Crippen LogP contribution in [0.1, 0.15) is 26.3 Å². The molecule has 0 aliphatic heterocycles. The summed E-state index contributed by atoms with van der Waals surface area (Å²) in [4.78, 5) is 4.58. The maximum Gasteiger partial charge on any atom is 0.182 e. The van der Waals surface area contributed by atoms with Crippen LogP contribution in [0.2, 0.25) is 0 Å². The number of hydrogen-bond acceptors (Lipinski definition) is 5. The van der Waals surface area contributed by atoms with Gasteiger partial charge in [-0.2, -0.15) is 0 Å². The van der Waals surface area contributed by atoms with Gasteiger partial charge in [-0.1, -0.05) is 44.2 Å². The third-order valence-electron chi connectivity index (χ3n) is 4.56. The Morgan fingerprint density at radius 2 is 1.85 bits per heavy atom. The molecule has 0 spiro atoms. The van der Waals surface area contributed by atoms with E-state index in [1.165, 1.54) is 11.3 Å². The smallest absolute Gasteiger partial charge is 0.182 e. The standard InChI is InChI=1S/C21H25N2O2S2/c1-15(2)13-22-20(11-17-7-5-4-6-8-17)16(3)27(24,25)18-9-10-19-21(12-18)26-14-23-19/h4-10,12,14-16,22H,11,13H2,1-3H3. The number of sulfone groups is 1. The first-order chi connectivity index (χ1) is 12.9. The first-order valence-corrected chi connectivity index (χ1v) is 11.5. The number of benzene rings is 2. The molecule has 1 heterocycles. The molecule has 0 amide bonds. The second-order valence-corrected chi connectivity index (χ2v) is 10.3. The van der Waals surface area contributed by atoms with Gasteiger partial charge in [-0.05, 0) is 49.6 Å². The third-order valence-corrected chi connectivity index (χ3v) is 7.48. The van der Waals surface area contributed by atoms with Gasteiger partial charge in [0.1, 0.15) is 0 Å². The molecule has 0 aliphatic rings. The fraction of sp³-hybridized carbons (Fsp3) is 0.333. The van der Waals surface area contributed by atoms with Crippen LogP contribution in [0.25, 0.3) is 10.2 Å². The largest absolute Gasteiger partial charge is 0.308 e. The van der Waals surface area contributed by atoms with Crippen molar-refractivity contribution in [2.24, 2.45) is 5.92 Å². The van der Waals surface area contributed by atoms with Crippen molar-refractivity contribution in [2.45, 2.75) is 37.3 Å². The van der Waals surface area contributed by atoms with E-state index in [4.69, 9.17) is 0 Å². The summed E-state index contributed by atoms with van der Waals surface area (Å²) in [6.07, 6.45) is 0.594. The molecule has 0 saturated heterocycles. The summed E-state index contributed by atoms with van der Waals surface area (Å²) in [6.45, 7) is 6.75. The molecule has 0 aliphatic carbocycles. The van der Waals surface area contributed by atoms with E-state index in [2.05, 4.69) is 24.1 Å². The number of aromatic nitrogens is 1. The highest BCUT2D eigenvalue weighted by molar-refractivity contribution is 7.92. The Morgan fingerprint density at radius 1 is 1.11 bits per heavy atom. The van der Waals surface area contributed by atoms with Crippen LogP contribution in [0.15, 0.2) is 58.9 Å². The summed E-state index contributed by atoms with van der Waals surface area (Å²) in [7, 11) is -3.50. The molecule has 1 radical (unpaired) electrons. The quantitative estimate of drug-likeness (QED) is 0.605. The maximum absolute atomic E-state index is 13.3. The summed E-state index contributed by atoms with van der Waals surface area (Å²) in [6, 6.07) is 16.0. The highest BCUT2D eigenvalue weighted by Crippen LogP contribution is 2.28. The molecular weight excluding hydrogens is 376 g/mol. The third kappa shape index (κ3) is 4.75. The molecule has 1 N–H and O–H groups in total. The lowest BCUT2D eigenvalue weighted by atomic mass is 10.0. The Labute approximate surface area is 165 Å². The summed E-state index contributed by atoms with van der Waals surface area (Å²) in [5.41, 5.74) is 3.67. The van der Waals surface area contributed by atoms with E-state index in [9.17, 15) is 8.42 Å². The van der Waals surface area contributed by atoms with Crippen molar-refractivity contribution in [1.29, 1.82) is 0 Å². The molecule has 0 saturated carbocycles. The van der Waals surface area contributed by atoms with E-state index < -0.39 is 15.1 Å². The number of nitrogens with one attached hydrogen (secondary N) is 1. The summed E-state index contributed by atoms with van der Waals surface area (Å²) in [5.74, 6) is 0.430. The van der Waals surface area contributed by atoms with Crippen LogP contribution in [0.3, 0.4) is 0 Å². The zero-order chi connectivity index (χ0) is 19.4. The lowest BCUT2D eigenvalue weighted by Gasteiger charge is -2.25. The van der Waals surface area contributed by atoms with Gasteiger partial charge in [0.05, 0.1) is 31.9 Å². The van der Waals surface area contributed by atoms with Gasteiger partial charge in [0.15, 0.2) is 9.84 Å². The van der Waals surface area contributed by atoms with Gasteiger partial charge in [-0.3, -0.25) is 0 Å². The number of nitrogens with zero attached hydrogens (tertiary/aromatic N) is 1. The van der Waals surface area contributed by atoms with Crippen molar-refractivity contribution in [1.82, 2.24) is 10.3 Å². The molecule has 0 bridgehead atoms. The number of fused-ring (bicyclic) bond motifs is 1. The number of thiazole rings is 1. The lowest BCUT2D eigenvalue weighted by molar-refractivity contribution is 0.521. The van der Waals surface area contributed by atoms with Gasteiger partial charge < -0.3 is 5.32 Å². The van der Waals surface area contributed by atoms with Crippen LogP contribution in [0.4, 0.5) is 0 Å². The minimum absolute atomic E-state index is 0.351. The molecule has 1 unspecified atom stereocenters. The highest BCUT2D eigenvalue weighted by Gasteiger charge is 2.32. The number of rotatable bonds is 8. The van der Waals surface area contributed by atoms with Crippen molar-refractivity contribution < 1.29 is 8.42 Å². The van der Waals surface area contributed by atoms with Crippen LogP contribution >= 0.6 is 11.3 Å². The van der Waals surface area contributed by atoms with E-state index in [1.807, 2.05) is 30.3 Å². The summed E-state index contributed by atoms with van der Waals surface area (Å²) < 4.78 is 27.5. The molecule has 1 atom stereocenters. The molecule has 1 aromatic heterocycles. The van der Waals surface area contributed by atoms with Crippen LogP contribution in [-0.2, 0) is 16.3 Å². The van der Waals surface area contributed by atoms with Crippen LogP contribution in [0.5, 0.6) is 0 Å². The Kier molecular flexibility index (Phi) is 6.29. The summed E-state index contributed by atoms with van der Waals surface area (Å²) >= 11 is 1.46. The molecule has 3 aromatic rings. The normalized spacial score (nSPS) is 13.5. The van der Waals surface area contributed by atoms with E-state index in [0.717, 1.165) is 28.4 Å². The predicted octanol–water partition coefficient (Wildman–Crippen LogP) is 4.48. The topological polar surface area (TPSA) is 59.1 Å². The SMILES string of the molecule is CC(C)CN[C](Cc1ccccc1)C(C)S(=O)(=O)c1ccc2ncsc2c1. The van der Waals surface area contributed by atoms with Crippen molar-refractivity contribution in [3.05, 3.63) is 65.6 Å². The van der Waals surface area contributed by atoms with Crippen molar-refractivity contribution in [3.63, 3.8) is 0 Å². The Hall–Kier alpha value is -1.76. The molecule has 3 rings (SSSR count). The van der Waals surface area contributed by atoms with Crippen LogP contribution < -0.4 is 5.32 Å². The zero-order valence-electron chi connectivity index (χ0n) is 15.8. The predicted molar refractivity (Wildman–Crippen MR) is 112 cm³/mol.